The molecule has 4 heteroatoms. The smallest absolute Gasteiger partial charge is 0.0450 e. The van der Waals surface area contributed by atoms with Crippen molar-refractivity contribution in [1.29, 1.82) is 0 Å². The zero-order valence-corrected chi connectivity index (χ0v) is 8.83. The van der Waals surface area contributed by atoms with Gasteiger partial charge in [0.15, 0.2) is 0 Å². The third-order valence-electron chi connectivity index (χ3n) is 1.12. The van der Waals surface area contributed by atoms with Gasteiger partial charge < -0.3 is 0 Å². The van der Waals surface area contributed by atoms with Gasteiger partial charge in [-0.3, -0.25) is 8.42 Å². The lowest BCUT2D eigenvalue weighted by atomic mass is 10.7. The molecule has 0 aliphatic carbocycles. The summed E-state index contributed by atoms with van der Waals surface area (Å²) in [5, 5.41) is 1.60. The second-order valence-corrected chi connectivity index (χ2v) is 5.26. The maximum atomic E-state index is 11.0. The Morgan fingerprint density at radius 2 is 2.00 bits per heavy atom. The lowest BCUT2D eigenvalue weighted by molar-refractivity contribution is 0.687. The molecule has 0 aromatic heterocycles. The summed E-state index contributed by atoms with van der Waals surface area (Å²) in [6.45, 7) is 5.33. The van der Waals surface area contributed by atoms with Crippen molar-refractivity contribution in [2.45, 2.75) is 6.92 Å². The average Bonchev–Trinajstić information content (AvgIpc) is 2.04. The van der Waals surface area contributed by atoms with Crippen LogP contribution < -0.4 is 0 Å². The highest BCUT2D eigenvalue weighted by atomic mass is 32.2. The second kappa shape index (κ2) is 7.43. The Hall–Kier alpha value is -0.220. The molecule has 0 saturated carbocycles. The Balaban J connectivity index is 3.66. The van der Waals surface area contributed by atoms with E-state index >= 15 is 0 Å². The topological polar surface area (TPSA) is 34.1 Å². The molecule has 12 heavy (non-hydrogen) atoms. The molecule has 2 nitrogen and oxygen atoms in total. The molecule has 0 amide bonds. The first-order valence-electron chi connectivity index (χ1n) is 3.70. The minimum atomic E-state index is -0.888. The van der Waals surface area contributed by atoms with Crippen molar-refractivity contribution in [3.63, 3.8) is 0 Å². The van der Waals surface area contributed by atoms with Crippen molar-refractivity contribution in [1.82, 2.24) is 0 Å². The van der Waals surface area contributed by atoms with E-state index in [9.17, 15) is 8.42 Å². The van der Waals surface area contributed by atoms with E-state index in [-0.39, 0.29) is 0 Å². The van der Waals surface area contributed by atoms with Crippen LogP contribution in [0.5, 0.6) is 0 Å². The number of hydrogen-bond donors (Lipinski definition) is 0. The van der Waals surface area contributed by atoms with Gasteiger partial charge in [-0.2, -0.15) is 0 Å². The molecule has 0 radical (unpaired) electrons. The van der Waals surface area contributed by atoms with Crippen LogP contribution >= 0.6 is 0 Å². The van der Waals surface area contributed by atoms with Crippen molar-refractivity contribution in [3.05, 3.63) is 24.1 Å². The molecular weight excluding hydrogens is 192 g/mol. The van der Waals surface area contributed by atoms with Gasteiger partial charge in [0.25, 0.3) is 0 Å². The van der Waals surface area contributed by atoms with Crippen molar-refractivity contribution in [2.24, 2.45) is 0 Å². The predicted molar refractivity (Wildman–Crippen MR) is 55.9 cm³/mol. The van der Waals surface area contributed by atoms with Crippen LogP contribution in [0.4, 0.5) is 0 Å². The highest BCUT2D eigenvalue weighted by Gasteiger charge is 1.92. The monoisotopic (exact) mass is 206 g/mol. The van der Waals surface area contributed by atoms with Gasteiger partial charge in [-0.1, -0.05) is 19.1 Å². The van der Waals surface area contributed by atoms with E-state index in [2.05, 4.69) is 6.58 Å². The van der Waals surface area contributed by atoms with Gasteiger partial charge in [0.1, 0.15) is 0 Å². The van der Waals surface area contributed by atoms with Gasteiger partial charge in [-0.25, -0.2) is 0 Å². The van der Waals surface area contributed by atoms with Crippen molar-refractivity contribution >= 4 is 21.6 Å². The van der Waals surface area contributed by atoms with Crippen LogP contribution in [0.25, 0.3) is 0 Å². The molecule has 0 N–H and O–H groups in total. The fourth-order valence-electron chi connectivity index (χ4n) is 0.550. The highest BCUT2D eigenvalue weighted by Crippen LogP contribution is 1.88. The highest BCUT2D eigenvalue weighted by molar-refractivity contribution is 7.88. The molecular formula is C8H14O2S2. The van der Waals surface area contributed by atoms with Crippen LogP contribution in [-0.4, -0.2) is 25.7 Å². The van der Waals surface area contributed by atoms with E-state index in [1.807, 2.05) is 6.92 Å². The van der Waals surface area contributed by atoms with Gasteiger partial charge >= 0.3 is 0 Å². The normalized spacial score (nSPS) is 16.1. The molecule has 2 atom stereocenters. The van der Waals surface area contributed by atoms with Crippen LogP contribution in [0.3, 0.4) is 0 Å². The summed E-state index contributed by atoms with van der Waals surface area (Å²) in [5.41, 5.74) is 0. The molecule has 0 rings (SSSR count). The number of rotatable bonds is 6. The lowest BCUT2D eigenvalue weighted by Gasteiger charge is -1.91. The Labute approximate surface area is 78.7 Å². The van der Waals surface area contributed by atoms with Crippen molar-refractivity contribution in [2.75, 3.05) is 17.3 Å². The fraction of sp³-hybridized carbons (Fsp3) is 0.500. The van der Waals surface area contributed by atoms with Crippen molar-refractivity contribution < 1.29 is 8.42 Å². The van der Waals surface area contributed by atoms with E-state index in [1.54, 1.807) is 17.6 Å². The van der Waals surface area contributed by atoms with Crippen LogP contribution in [0.1, 0.15) is 6.92 Å². The molecule has 0 aromatic carbocycles. The maximum Gasteiger partial charge on any atom is 0.0450 e. The van der Waals surface area contributed by atoms with E-state index < -0.39 is 21.6 Å². The molecule has 70 valence electrons. The lowest BCUT2D eigenvalue weighted by Crippen LogP contribution is -1.97. The van der Waals surface area contributed by atoms with E-state index in [0.29, 0.717) is 17.3 Å². The molecule has 2 unspecified atom stereocenters. The molecule has 0 aromatic rings. The summed E-state index contributed by atoms with van der Waals surface area (Å²) < 4.78 is 21.9. The van der Waals surface area contributed by atoms with Crippen molar-refractivity contribution in [3.8, 4) is 0 Å². The minimum Gasteiger partial charge on any atom is -0.259 e. The minimum absolute atomic E-state index is 0.470. The van der Waals surface area contributed by atoms with Gasteiger partial charge in [-0.05, 0) is 5.41 Å². The van der Waals surface area contributed by atoms with Crippen LogP contribution in [0.2, 0.25) is 0 Å². The Morgan fingerprint density at radius 3 is 2.50 bits per heavy atom. The zero-order chi connectivity index (χ0) is 9.40. The van der Waals surface area contributed by atoms with E-state index in [1.165, 1.54) is 0 Å². The van der Waals surface area contributed by atoms with Gasteiger partial charge in [0, 0.05) is 38.9 Å². The second-order valence-electron chi connectivity index (χ2n) is 2.10. The SMILES string of the molecule is C=CCS(=O)CC=CS(=O)CC. The first-order chi connectivity index (χ1) is 5.70. The number of hydrogen-bond acceptors (Lipinski definition) is 2. The molecule has 0 heterocycles. The first kappa shape index (κ1) is 11.8. The van der Waals surface area contributed by atoms with E-state index in [4.69, 9.17) is 0 Å². The molecule has 0 spiro atoms. The fourth-order valence-corrected chi connectivity index (χ4v) is 1.88. The largest absolute Gasteiger partial charge is 0.259 e. The average molecular weight is 206 g/mol. The van der Waals surface area contributed by atoms with Gasteiger partial charge in [0.05, 0.1) is 0 Å². The van der Waals surface area contributed by atoms with Gasteiger partial charge in [-0.15, -0.1) is 6.58 Å². The van der Waals surface area contributed by atoms with E-state index in [0.717, 1.165) is 0 Å². The Morgan fingerprint density at radius 1 is 1.33 bits per heavy atom. The summed E-state index contributed by atoms with van der Waals surface area (Å²) in [5.74, 6) is 1.59. The first-order valence-corrected chi connectivity index (χ1v) is 6.57. The van der Waals surface area contributed by atoms with Crippen LogP contribution in [-0.2, 0) is 21.6 Å². The third-order valence-corrected chi connectivity index (χ3v) is 3.36. The summed E-state index contributed by atoms with van der Waals surface area (Å²) in [7, 11) is -1.77. The Bertz CT molecular complexity index is 209. The Kier molecular flexibility index (Phi) is 7.29. The summed E-state index contributed by atoms with van der Waals surface area (Å²) in [6.07, 6.45) is 3.33. The predicted octanol–water partition coefficient (Wildman–Crippen LogP) is 1.20. The summed E-state index contributed by atoms with van der Waals surface area (Å²) in [6, 6.07) is 0. The quantitative estimate of drug-likeness (QED) is 0.612. The van der Waals surface area contributed by atoms with Crippen LogP contribution in [0, 0.1) is 0 Å². The molecule has 0 aliphatic rings. The summed E-state index contributed by atoms with van der Waals surface area (Å²) >= 11 is 0. The molecule has 0 bridgehead atoms. The molecule has 0 aliphatic heterocycles. The standard InChI is InChI=1S/C8H14O2S2/c1-3-6-12(10)8-5-7-11(9)4-2/h3,5,7H,1,4,6,8H2,2H3. The maximum absolute atomic E-state index is 11.0. The zero-order valence-electron chi connectivity index (χ0n) is 7.19. The third kappa shape index (κ3) is 6.49. The molecule has 0 saturated heterocycles. The van der Waals surface area contributed by atoms with Crippen LogP contribution in [0.15, 0.2) is 24.1 Å². The summed E-state index contributed by atoms with van der Waals surface area (Å²) in [4.78, 5) is 0. The molecule has 0 fully saturated rings. The van der Waals surface area contributed by atoms with Gasteiger partial charge in [0.2, 0.25) is 0 Å².